The molecule has 0 fully saturated rings. The van der Waals surface area contributed by atoms with Gasteiger partial charge < -0.3 is 10.1 Å². The number of anilines is 3. The number of ether oxygens (including phenoxy) is 1. The lowest BCUT2D eigenvalue weighted by Crippen LogP contribution is -2.15. The zero-order valence-electron chi connectivity index (χ0n) is 17.4. The van der Waals surface area contributed by atoms with E-state index in [2.05, 4.69) is 40.5 Å². The number of aromatic nitrogens is 7. The average molecular weight is 437 g/mol. The van der Waals surface area contributed by atoms with E-state index in [-0.39, 0.29) is 24.3 Å². The Hall–Kier alpha value is -4.35. The minimum Gasteiger partial charge on any atom is -0.468 e. The van der Waals surface area contributed by atoms with E-state index in [1.54, 1.807) is 10.9 Å². The van der Waals surface area contributed by atoms with Crippen molar-refractivity contribution in [2.75, 3.05) is 17.7 Å². The third-order valence-electron chi connectivity index (χ3n) is 4.51. The van der Waals surface area contributed by atoms with Crippen LogP contribution >= 0.6 is 0 Å². The number of methoxy groups -OCH3 is 1. The van der Waals surface area contributed by atoms with Gasteiger partial charge in [0.25, 0.3) is 0 Å². The fourth-order valence-corrected chi connectivity index (χ4v) is 2.93. The molecule has 0 amide bonds. The molecule has 0 saturated carbocycles. The maximum Gasteiger partial charge on any atom is 0.327 e. The molecule has 3 aromatic heterocycles. The average Bonchev–Trinajstić information content (AvgIpc) is 3.43. The van der Waals surface area contributed by atoms with Gasteiger partial charge in [0, 0.05) is 25.4 Å². The van der Waals surface area contributed by atoms with E-state index < -0.39 is 11.8 Å². The Bertz CT molecular complexity index is 1240. The molecule has 1 aromatic carbocycles. The molecule has 0 radical (unpaired) electrons. The summed E-state index contributed by atoms with van der Waals surface area (Å²) in [6.07, 6.45) is 6.02. The lowest BCUT2D eigenvalue weighted by atomic mass is 10.1. The quantitative estimate of drug-likeness (QED) is 0.399. The molecule has 3 heterocycles. The largest absolute Gasteiger partial charge is 0.468 e. The van der Waals surface area contributed by atoms with Gasteiger partial charge in [-0.2, -0.15) is 20.2 Å². The smallest absolute Gasteiger partial charge is 0.327 e. The SMILES string of the molecule is COC(=O)Cn1ncnc1Nc1ncc(F)c(NCc2cccc(-c3cnn(C)c3)c2)n1. The highest BCUT2D eigenvalue weighted by Gasteiger charge is 2.13. The van der Waals surface area contributed by atoms with E-state index in [0.29, 0.717) is 6.54 Å². The van der Waals surface area contributed by atoms with Crippen molar-refractivity contribution in [1.82, 2.24) is 34.5 Å². The van der Waals surface area contributed by atoms with E-state index in [1.807, 2.05) is 37.5 Å². The fraction of sp³-hybridized carbons (Fsp3) is 0.200. The maximum absolute atomic E-state index is 14.3. The van der Waals surface area contributed by atoms with Crippen molar-refractivity contribution in [3.8, 4) is 11.1 Å². The number of carbonyl (C=O) groups is 1. The zero-order chi connectivity index (χ0) is 22.5. The number of nitrogens with one attached hydrogen (secondary N) is 2. The summed E-state index contributed by atoms with van der Waals surface area (Å²) in [5.74, 6) is -0.757. The molecule has 0 spiro atoms. The number of aryl methyl sites for hydroxylation is 1. The van der Waals surface area contributed by atoms with Crippen LogP contribution in [0.2, 0.25) is 0 Å². The summed E-state index contributed by atoms with van der Waals surface area (Å²) in [4.78, 5) is 23.6. The summed E-state index contributed by atoms with van der Waals surface area (Å²) < 4.78 is 21.9. The van der Waals surface area contributed by atoms with Crippen LogP contribution in [-0.4, -0.2) is 47.6 Å². The summed E-state index contributed by atoms with van der Waals surface area (Å²) in [6.45, 7) is 0.207. The van der Waals surface area contributed by atoms with Gasteiger partial charge in [0.05, 0.1) is 19.5 Å². The van der Waals surface area contributed by atoms with Crippen molar-refractivity contribution in [3.63, 3.8) is 0 Å². The first kappa shape index (κ1) is 20.9. The number of halogens is 1. The summed E-state index contributed by atoms with van der Waals surface area (Å²) in [5, 5.41) is 13.9. The van der Waals surface area contributed by atoms with Crippen LogP contribution in [0, 0.1) is 5.82 Å². The van der Waals surface area contributed by atoms with Crippen molar-refractivity contribution in [1.29, 1.82) is 0 Å². The molecular formula is C20H20FN9O2. The standard InChI is InChI=1S/C20H20FN9O2/c1-29-10-15(8-25-29)14-5-3-4-13(6-14)7-22-18-16(21)9-23-19(27-18)28-20-24-12-26-30(20)11-17(31)32-2/h3-6,8-10,12H,7,11H2,1-2H3,(H2,22,23,24,26,27,28). The molecule has 0 aliphatic heterocycles. The van der Waals surface area contributed by atoms with Crippen LogP contribution in [0.15, 0.2) is 49.2 Å². The maximum atomic E-state index is 14.3. The molecule has 0 saturated heterocycles. The van der Waals surface area contributed by atoms with Crippen LogP contribution < -0.4 is 10.6 Å². The van der Waals surface area contributed by atoms with E-state index in [1.165, 1.54) is 18.1 Å². The fourth-order valence-electron chi connectivity index (χ4n) is 2.93. The molecule has 0 atom stereocenters. The molecular weight excluding hydrogens is 417 g/mol. The minimum atomic E-state index is -0.602. The molecule has 0 unspecified atom stereocenters. The molecule has 2 N–H and O–H groups in total. The van der Waals surface area contributed by atoms with Crippen molar-refractivity contribution in [3.05, 3.63) is 60.6 Å². The van der Waals surface area contributed by atoms with Gasteiger partial charge in [-0.15, -0.1) is 0 Å². The highest BCUT2D eigenvalue weighted by atomic mass is 19.1. The Balaban J connectivity index is 1.46. The normalized spacial score (nSPS) is 10.7. The molecule has 164 valence electrons. The van der Waals surface area contributed by atoms with E-state index >= 15 is 0 Å². The lowest BCUT2D eigenvalue weighted by Gasteiger charge is -2.10. The van der Waals surface area contributed by atoms with Crippen LogP contribution in [0.3, 0.4) is 0 Å². The van der Waals surface area contributed by atoms with Crippen molar-refractivity contribution in [2.45, 2.75) is 13.1 Å². The molecule has 0 bridgehead atoms. The van der Waals surface area contributed by atoms with Crippen LogP contribution in [0.5, 0.6) is 0 Å². The number of rotatable bonds is 8. The Morgan fingerprint density at radius 3 is 2.84 bits per heavy atom. The molecule has 32 heavy (non-hydrogen) atoms. The lowest BCUT2D eigenvalue weighted by molar-refractivity contribution is -0.141. The number of hydrogen-bond acceptors (Lipinski definition) is 9. The first-order valence-corrected chi connectivity index (χ1v) is 9.58. The second-order valence-electron chi connectivity index (χ2n) is 6.79. The van der Waals surface area contributed by atoms with Gasteiger partial charge in [0.1, 0.15) is 12.9 Å². The second-order valence-corrected chi connectivity index (χ2v) is 6.79. The Morgan fingerprint density at radius 1 is 1.19 bits per heavy atom. The van der Waals surface area contributed by atoms with Gasteiger partial charge in [-0.3, -0.25) is 14.8 Å². The van der Waals surface area contributed by atoms with Gasteiger partial charge in [-0.05, 0) is 17.2 Å². The predicted molar refractivity (Wildman–Crippen MR) is 113 cm³/mol. The molecule has 11 nitrogen and oxygen atoms in total. The number of nitrogens with zero attached hydrogens (tertiary/aromatic N) is 7. The monoisotopic (exact) mass is 437 g/mol. The first-order valence-electron chi connectivity index (χ1n) is 9.58. The number of carbonyl (C=O) groups excluding carboxylic acids is 1. The van der Waals surface area contributed by atoms with Gasteiger partial charge in [-0.25, -0.2) is 14.1 Å². The molecule has 4 rings (SSSR count). The Kier molecular flexibility index (Phi) is 6.01. The Morgan fingerprint density at radius 2 is 2.06 bits per heavy atom. The molecule has 0 aliphatic carbocycles. The Labute approximate surface area is 182 Å². The van der Waals surface area contributed by atoms with Gasteiger partial charge >= 0.3 is 5.97 Å². The van der Waals surface area contributed by atoms with Crippen molar-refractivity contribution in [2.24, 2.45) is 7.05 Å². The molecule has 0 aliphatic rings. The molecule has 4 aromatic rings. The summed E-state index contributed by atoms with van der Waals surface area (Å²) in [6, 6.07) is 7.84. The van der Waals surface area contributed by atoms with Crippen LogP contribution in [-0.2, 0) is 29.7 Å². The van der Waals surface area contributed by atoms with Crippen LogP contribution in [0.4, 0.5) is 22.1 Å². The predicted octanol–water partition coefficient (Wildman–Crippen LogP) is 2.14. The second kappa shape index (κ2) is 9.20. The third-order valence-corrected chi connectivity index (χ3v) is 4.51. The summed E-state index contributed by atoms with van der Waals surface area (Å²) >= 11 is 0. The van der Waals surface area contributed by atoms with E-state index in [4.69, 9.17) is 0 Å². The topological polar surface area (TPSA) is 125 Å². The van der Waals surface area contributed by atoms with Crippen LogP contribution in [0.25, 0.3) is 11.1 Å². The molecule has 12 heteroatoms. The zero-order valence-corrected chi connectivity index (χ0v) is 17.4. The van der Waals surface area contributed by atoms with Gasteiger partial charge in [-0.1, -0.05) is 18.2 Å². The third kappa shape index (κ3) is 4.86. The van der Waals surface area contributed by atoms with Gasteiger partial charge in [0.2, 0.25) is 11.9 Å². The van der Waals surface area contributed by atoms with E-state index in [9.17, 15) is 9.18 Å². The van der Waals surface area contributed by atoms with Gasteiger partial charge in [0.15, 0.2) is 11.6 Å². The first-order chi connectivity index (χ1) is 15.5. The van der Waals surface area contributed by atoms with Crippen molar-refractivity contribution >= 4 is 23.7 Å². The number of hydrogen-bond donors (Lipinski definition) is 2. The highest BCUT2D eigenvalue weighted by molar-refractivity contribution is 5.69. The summed E-state index contributed by atoms with van der Waals surface area (Å²) in [5.41, 5.74) is 2.94. The van der Waals surface area contributed by atoms with Crippen LogP contribution in [0.1, 0.15) is 5.56 Å². The number of benzene rings is 1. The van der Waals surface area contributed by atoms with Crippen molar-refractivity contribution < 1.29 is 13.9 Å². The minimum absolute atomic E-state index is 0.0216. The number of esters is 1. The summed E-state index contributed by atoms with van der Waals surface area (Å²) in [7, 11) is 3.14. The highest BCUT2D eigenvalue weighted by Crippen LogP contribution is 2.21. The van der Waals surface area contributed by atoms with E-state index in [0.717, 1.165) is 22.9 Å².